The fourth-order valence-electron chi connectivity index (χ4n) is 0.951. The Morgan fingerprint density at radius 3 is 2.60 bits per heavy atom. The molecule has 0 aromatic carbocycles. The molecule has 0 spiro atoms. The molecular formula is C7H5F3N2O3. The predicted octanol–water partition coefficient (Wildman–Crippen LogP) is 1.56. The molecule has 1 N–H and O–H groups in total. The van der Waals surface area contributed by atoms with Gasteiger partial charge in [-0.3, -0.25) is 10.1 Å². The Kier molecular flexibility index (Phi) is 3.20. The molecule has 1 aromatic rings. The number of aliphatic hydroxyl groups is 1. The molecule has 0 fully saturated rings. The number of aromatic nitrogens is 1. The van der Waals surface area contributed by atoms with Crippen LogP contribution in [-0.4, -0.2) is 15.0 Å². The van der Waals surface area contributed by atoms with Crippen molar-refractivity contribution in [2.75, 3.05) is 0 Å². The normalized spacial score (nSPS) is 10.7. The molecule has 0 aliphatic heterocycles. The molecule has 0 radical (unpaired) electrons. The summed E-state index contributed by atoms with van der Waals surface area (Å²) < 4.78 is 37.4. The van der Waals surface area contributed by atoms with E-state index in [4.69, 9.17) is 5.11 Å². The van der Waals surface area contributed by atoms with Gasteiger partial charge in [-0.2, -0.15) is 0 Å². The maximum absolute atomic E-state index is 12.9. The van der Waals surface area contributed by atoms with E-state index in [0.717, 1.165) is 0 Å². The van der Waals surface area contributed by atoms with Crippen LogP contribution in [0, 0.1) is 15.9 Å². The first kappa shape index (κ1) is 11.4. The van der Waals surface area contributed by atoms with Crippen LogP contribution in [0.25, 0.3) is 0 Å². The Balaban J connectivity index is 3.38. The van der Waals surface area contributed by atoms with Crippen LogP contribution in [0.3, 0.4) is 0 Å². The van der Waals surface area contributed by atoms with Crippen molar-refractivity contribution in [3.8, 4) is 0 Å². The molecule has 0 unspecified atom stereocenters. The van der Waals surface area contributed by atoms with Gasteiger partial charge in [0.05, 0.1) is 17.6 Å². The third-order valence-electron chi connectivity index (χ3n) is 1.61. The largest absolute Gasteiger partial charge is 0.390 e. The Bertz CT molecular complexity index is 397. The fourth-order valence-corrected chi connectivity index (χ4v) is 0.951. The summed E-state index contributed by atoms with van der Waals surface area (Å²) in [4.78, 5) is 12.1. The van der Waals surface area contributed by atoms with Crippen LogP contribution in [0.1, 0.15) is 17.8 Å². The fraction of sp³-hybridized carbons (Fsp3) is 0.286. The molecule has 0 atom stereocenters. The lowest BCUT2D eigenvalue weighted by Crippen LogP contribution is -2.05. The van der Waals surface area contributed by atoms with Crippen LogP contribution in [0.5, 0.6) is 0 Å². The zero-order valence-corrected chi connectivity index (χ0v) is 7.15. The summed E-state index contributed by atoms with van der Waals surface area (Å²) in [7, 11) is 0. The summed E-state index contributed by atoms with van der Waals surface area (Å²) in [6.45, 7) is -0.899. The topological polar surface area (TPSA) is 76.3 Å². The molecule has 0 saturated carbocycles. The third-order valence-corrected chi connectivity index (χ3v) is 1.61. The third kappa shape index (κ3) is 2.21. The second-order valence-electron chi connectivity index (χ2n) is 2.54. The summed E-state index contributed by atoms with van der Waals surface area (Å²) >= 11 is 0. The van der Waals surface area contributed by atoms with Crippen LogP contribution in [0.2, 0.25) is 0 Å². The quantitative estimate of drug-likeness (QED) is 0.621. The lowest BCUT2D eigenvalue weighted by Gasteiger charge is -2.04. The standard InChI is InChI=1S/C7H5F3N2O3/c8-3-1-5(12(14)15)6(7(9)10)11-4(3)2-13/h1,7,13H,2H2. The van der Waals surface area contributed by atoms with Gasteiger partial charge in [0.1, 0.15) is 5.69 Å². The van der Waals surface area contributed by atoms with E-state index >= 15 is 0 Å². The van der Waals surface area contributed by atoms with Crippen LogP contribution >= 0.6 is 0 Å². The zero-order chi connectivity index (χ0) is 11.6. The van der Waals surface area contributed by atoms with Crippen molar-refractivity contribution in [1.29, 1.82) is 0 Å². The first-order chi connectivity index (χ1) is 6.97. The maximum atomic E-state index is 12.9. The molecular weight excluding hydrogens is 217 g/mol. The van der Waals surface area contributed by atoms with Crippen molar-refractivity contribution in [2.24, 2.45) is 0 Å². The number of nitrogens with zero attached hydrogens (tertiary/aromatic N) is 2. The summed E-state index contributed by atoms with van der Waals surface area (Å²) in [5, 5.41) is 18.8. The van der Waals surface area contributed by atoms with Gasteiger partial charge in [0.2, 0.25) is 0 Å². The lowest BCUT2D eigenvalue weighted by atomic mass is 10.2. The molecule has 0 saturated heterocycles. The molecule has 5 nitrogen and oxygen atoms in total. The highest BCUT2D eigenvalue weighted by molar-refractivity contribution is 5.37. The molecule has 8 heteroatoms. The highest BCUT2D eigenvalue weighted by atomic mass is 19.3. The molecule has 0 amide bonds. The highest BCUT2D eigenvalue weighted by Gasteiger charge is 2.26. The van der Waals surface area contributed by atoms with Gasteiger partial charge in [-0.05, 0) is 0 Å². The first-order valence-corrected chi connectivity index (χ1v) is 3.70. The minimum absolute atomic E-state index is 0.319. The van der Waals surface area contributed by atoms with E-state index in [-0.39, 0.29) is 0 Å². The molecule has 0 aliphatic rings. The summed E-state index contributed by atoms with van der Waals surface area (Å²) in [5.74, 6) is -1.19. The summed E-state index contributed by atoms with van der Waals surface area (Å²) in [6.07, 6.45) is -3.20. The van der Waals surface area contributed by atoms with Crippen molar-refractivity contribution >= 4 is 5.69 Å². The summed E-state index contributed by atoms with van der Waals surface area (Å²) in [5.41, 5.74) is -2.89. The Morgan fingerprint density at radius 2 is 2.20 bits per heavy atom. The van der Waals surface area contributed by atoms with Crippen molar-refractivity contribution in [1.82, 2.24) is 4.98 Å². The number of halogens is 3. The number of hydrogen-bond acceptors (Lipinski definition) is 4. The van der Waals surface area contributed by atoms with Crippen molar-refractivity contribution in [3.63, 3.8) is 0 Å². The van der Waals surface area contributed by atoms with Gasteiger partial charge in [0, 0.05) is 0 Å². The van der Waals surface area contributed by atoms with Crippen LogP contribution in [-0.2, 0) is 6.61 Å². The molecule has 82 valence electrons. The van der Waals surface area contributed by atoms with Gasteiger partial charge < -0.3 is 5.11 Å². The van der Waals surface area contributed by atoms with E-state index in [1.807, 2.05) is 0 Å². The Hall–Kier alpha value is -1.70. The van der Waals surface area contributed by atoms with E-state index in [2.05, 4.69) is 4.98 Å². The monoisotopic (exact) mass is 222 g/mol. The molecule has 0 bridgehead atoms. The van der Waals surface area contributed by atoms with Gasteiger partial charge in [-0.25, -0.2) is 18.2 Å². The number of aliphatic hydroxyl groups excluding tert-OH is 1. The number of alkyl halides is 2. The van der Waals surface area contributed by atoms with E-state index in [0.29, 0.717) is 6.07 Å². The van der Waals surface area contributed by atoms with Crippen LogP contribution in [0.4, 0.5) is 18.9 Å². The Morgan fingerprint density at radius 1 is 1.60 bits per heavy atom. The van der Waals surface area contributed by atoms with E-state index in [1.54, 1.807) is 0 Å². The number of nitro groups is 1. The molecule has 1 rings (SSSR count). The van der Waals surface area contributed by atoms with Gasteiger partial charge in [0.15, 0.2) is 11.5 Å². The highest BCUT2D eigenvalue weighted by Crippen LogP contribution is 2.28. The van der Waals surface area contributed by atoms with E-state index in [9.17, 15) is 23.3 Å². The zero-order valence-electron chi connectivity index (χ0n) is 7.15. The average molecular weight is 222 g/mol. The lowest BCUT2D eigenvalue weighted by molar-refractivity contribution is -0.386. The van der Waals surface area contributed by atoms with E-state index in [1.165, 1.54) is 0 Å². The Labute approximate surface area is 81.3 Å². The molecule has 15 heavy (non-hydrogen) atoms. The molecule has 1 aromatic heterocycles. The van der Waals surface area contributed by atoms with Gasteiger partial charge >= 0.3 is 0 Å². The van der Waals surface area contributed by atoms with Gasteiger partial charge in [-0.1, -0.05) is 0 Å². The van der Waals surface area contributed by atoms with Crippen LogP contribution in [0.15, 0.2) is 6.07 Å². The smallest absolute Gasteiger partial charge is 0.299 e. The van der Waals surface area contributed by atoms with Crippen molar-refractivity contribution in [2.45, 2.75) is 13.0 Å². The minimum Gasteiger partial charge on any atom is -0.390 e. The minimum atomic E-state index is -3.20. The molecule has 1 heterocycles. The summed E-state index contributed by atoms with van der Waals surface area (Å²) in [6, 6.07) is 0.319. The predicted molar refractivity (Wildman–Crippen MR) is 41.7 cm³/mol. The van der Waals surface area contributed by atoms with Gasteiger partial charge in [-0.15, -0.1) is 0 Å². The van der Waals surface area contributed by atoms with E-state index < -0.39 is 40.8 Å². The average Bonchev–Trinajstić information content (AvgIpc) is 2.16. The number of pyridine rings is 1. The van der Waals surface area contributed by atoms with Crippen LogP contribution < -0.4 is 0 Å². The van der Waals surface area contributed by atoms with Crippen molar-refractivity contribution in [3.05, 3.63) is 33.4 Å². The number of hydrogen-bond donors (Lipinski definition) is 1. The second-order valence-corrected chi connectivity index (χ2v) is 2.54. The van der Waals surface area contributed by atoms with Crippen molar-refractivity contribution < 1.29 is 23.2 Å². The maximum Gasteiger partial charge on any atom is 0.299 e. The number of rotatable bonds is 3. The molecule has 0 aliphatic carbocycles. The second kappa shape index (κ2) is 4.22. The first-order valence-electron chi connectivity index (χ1n) is 3.70. The van der Waals surface area contributed by atoms with Gasteiger partial charge in [0.25, 0.3) is 12.1 Å². The SMILES string of the molecule is O=[N+]([O-])c1cc(F)c(CO)nc1C(F)F.